The van der Waals surface area contributed by atoms with E-state index in [4.69, 9.17) is 17.1 Å². The van der Waals surface area contributed by atoms with Crippen molar-refractivity contribution in [2.75, 3.05) is 18.0 Å². The molecule has 0 radical (unpaired) electrons. The summed E-state index contributed by atoms with van der Waals surface area (Å²) in [5.41, 5.74) is 8.15. The Kier molecular flexibility index (Phi) is 4.66. The lowest BCUT2D eigenvalue weighted by Gasteiger charge is -2.17. The van der Waals surface area contributed by atoms with E-state index < -0.39 is 4.92 Å². The number of carbonyl (C=O) groups is 1. The van der Waals surface area contributed by atoms with Gasteiger partial charge in [0.05, 0.1) is 4.92 Å². The van der Waals surface area contributed by atoms with Crippen molar-refractivity contribution in [3.8, 4) is 0 Å². The maximum absolute atomic E-state index is 12.0. The van der Waals surface area contributed by atoms with Crippen LogP contribution in [-0.2, 0) is 4.79 Å². The van der Waals surface area contributed by atoms with Crippen LogP contribution in [0.15, 0.2) is 21.7 Å². The number of carbonyl (C=O) groups excluding carboxylic acids is 1. The van der Waals surface area contributed by atoms with Gasteiger partial charge in [0.15, 0.2) is 0 Å². The predicted octanol–water partition coefficient (Wildman–Crippen LogP) is 3.67. The lowest BCUT2D eigenvalue weighted by atomic mass is 10.1. The normalized spacial score (nSPS) is 17.7. The van der Waals surface area contributed by atoms with Crippen LogP contribution in [-0.4, -0.2) is 23.9 Å². The molecule has 1 aromatic rings. The first kappa shape index (κ1) is 15.6. The molecular formula is C11H9BrClN5O3. The van der Waals surface area contributed by atoms with E-state index >= 15 is 0 Å². The molecular weight excluding hydrogens is 366 g/mol. The number of azide groups is 1. The SMILES string of the molecule is [N-]=[N+]=NCC1CC(=O)N(c2ccc(Br)c(Cl)c2[N+](=O)[O-])C1. The largest absolute Gasteiger partial charge is 0.312 e. The monoisotopic (exact) mass is 373 g/mol. The number of rotatable bonds is 4. The topological polar surface area (TPSA) is 112 Å². The first-order chi connectivity index (χ1) is 9.95. The van der Waals surface area contributed by atoms with Crippen molar-refractivity contribution in [2.24, 2.45) is 11.0 Å². The van der Waals surface area contributed by atoms with Gasteiger partial charge in [0, 0.05) is 28.9 Å². The molecule has 1 fully saturated rings. The zero-order valence-electron chi connectivity index (χ0n) is 10.6. The second-order valence-electron chi connectivity index (χ2n) is 4.47. The highest BCUT2D eigenvalue weighted by atomic mass is 79.9. The van der Waals surface area contributed by atoms with Crippen LogP contribution < -0.4 is 4.90 Å². The third-order valence-electron chi connectivity index (χ3n) is 3.13. The Balaban J connectivity index is 2.38. The quantitative estimate of drug-likeness (QED) is 0.263. The molecule has 1 aliphatic heterocycles. The maximum Gasteiger partial charge on any atom is 0.312 e. The molecule has 1 amide bonds. The van der Waals surface area contributed by atoms with E-state index in [1.54, 1.807) is 6.07 Å². The summed E-state index contributed by atoms with van der Waals surface area (Å²) < 4.78 is 0.386. The van der Waals surface area contributed by atoms with Crippen molar-refractivity contribution in [1.29, 1.82) is 0 Å². The van der Waals surface area contributed by atoms with Gasteiger partial charge in [-0.05, 0) is 39.5 Å². The summed E-state index contributed by atoms with van der Waals surface area (Å²) in [6.07, 6.45) is 0.184. The standard InChI is InChI=1S/C11H9BrClN5O3/c12-7-1-2-8(11(10(7)13)18(20)21)17-5-6(3-9(17)19)4-15-16-14/h1-2,6H,3-5H2. The average molecular weight is 375 g/mol. The number of anilines is 1. The number of hydrogen-bond acceptors (Lipinski definition) is 4. The van der Waals surface area contributed by atoms with Crippen LogP contribution in [0.3, 0.4) is 0 Å². The number of nitrogens with zero attached hydrogens (tertiary/aromatic N) is 5. The van der Waals surface area contributed by atoms with Gasteiger partial charge in [-0.3, -0.25) is 14.9 Å². The second kappa shape index (κ2) is 6.30. The molecule has 110 valence electrons. The van der Waals surface area contributed by atoms with Crippen molar-refractivity contribution >= 4 is 44.8 Å². The maximum atomic E-state index is 12.0. The molecule has 1 unspecified atom stereocenters. The summed E-state index contributed by atoms with van der Waals surface area (Å²) in [5.74, 6) is -0.412. The summed E-state index contributed by atoms with van der Waals surface area (Å²) in [6.45, 7) is 0.438. The molecule has 1 aliphatic rings. The van der Waals surface area contributed by atoms with Crippen molar-refractivity contribution < 1.29 is 9.72 Å². The van der Waals surface area contributed by atoms with Gasteiger partial charge in [-0.15, -0.1) is 0 Å². The summed E-state index contributed by atoms with van der Waals surface area (Å²) in [5, 5.41) is 14.6. The van der Waals surface area contributed by atoms with E-state index in [0.29, 0.717) is 4.47 Å². The summed E-state index contributed by atoms with van der Waals surface area (Å²) in [4.78, 5) is 26.6. The zero-order chi connectivity index (χ0) is 15.6. The van der Waals surface area contributed by atoms with E-state index in [1.807, 2.05) is 0 Å². The fraction of sp³-hybridized carbons (Fsp3) is 0.364. The molecule has 1 atom stereocenters. The van der Waals surface area contributed by atoms with Gasteiger partial charge < -0.3 is 4.90 Å². The van der Waals surface area contributed by atoms with Crippen LogP contribution in [0.2, 0.25) is 5.02 Å². The Morgan fingerprint density at radius 3 is 2.95 bits per heavy atom. The zero-order valence-corrected chi connectivity index (χ0v) is 12.9. The molecule has 0 aromatic heterocycles. The molecule has 10 heteroatoms. The first-order valence-corrected chi connectivity index (χ1v) is 7.06. The van der Waals surface area contributed by atoms with Crippen LogP contribution in [0.1, 0.15) is 6.42 Å². The highest BCUT2D eigenvalue weighted by molar-refractivity contribution is 9.10. The van der Waals surface area contributed by atoms with Gasteiger partial charge in [0.1, 0.15) is 10.7 Å². The lowest BCUT2D eigenvalue weighted by Crippen LogP contribution is -2.25. The number of halogens is 2. The molecule has 0 bridgehead atoms. The molecule has 21 heavy (non-hydrogen) atoms. The van der Waals surface area contributed by atoms with Crippen molar-refractivity contribution in [2.45, 2.75) is 6.42 Å². The molecule has 8 nitrogen and oxygen atoms in total. The van der Waals surface area contributed by atoms with E-state index in [2.05, 4.69) is 26.0 Å². The fourth-order valence-electron chi connectivity index (χ4n) is 2.21. The third-order valence-corrected chi connectivity index (χ3v) is 4.40. The van der Waals surface area contributed by atoms with Gasteiger partial charge in [0.2, 0.25) is 5.91 Å². The van der Waals surface area contributed by atoms with Crippen molar-refractivity contribution in [3.05, 3.63) is 42.2 Å². The van der Waals surface area contributed by atoms with E-state index in [1.165, 1.54) is 11.0 Å². The summed E-state index contributed by atoms with van der Waals surface area (Å²) in [7, 11) is 0. The smallest absolute Gasteiger partial charge is 0.306 e. The Hall–Kier alpha value is -1.83. The van der Waals surface area contributed by atoms with Gasteiger partial charge >= 0.3 is 5.69 Å². The number of amides is 1. The highest BCUT2D eigenvalue weighted by Crippen LogP contribution is 2.41. The van der Waals surface area contributed by atoms with E-state index in [9.17, 15) is 14.9 Å². The highest BCUT2D eigenvalue weighted by Gasteiger charge is 2.35. The lowest BCUT2D eigenvalue weighted by molar-refractivity contribution is -0.384. The molecule has 0 spiro atoms. The second-order valence-corrected chi connectivity index (χ2v) is 5.71. The van der Waals surface area contributed by atoms with Crippen molar-refractivity contribution in [3.63, 3.8) is 0 Å². The Morgan fingerprint density at radius 1 is 1.62 bits per heavy atom. The minimum absolute atomic E-state index is 0.0520. The number of nitro groups is 1. The molecule has 0 N–H and O–H groups in total. The number of hydrogen-bond donors (Lipinski definition) is 0. The van der Waals surface area contributed by atoms with Gasteiger partial charge in [0.25, 0.3) is 0 Å². The van der Waals surface area contributed by atoms with Crippen LogP contribution in [0.5, 0.6) is 0 Å². The van der Waals surface area contributed by atoms with Gasteiger partial charge in [-0.25, -0.2) is 0 Å². The van der Waals surface area contributed by atoms with E-state index in [0.717, 1.165) is 0 Å². The molecule has 0 aliphatic carbocycles. The minimum Gasteiger partial charge on any atom is -0.306 e. The predicted molar refractivity (Wildman–Crippen MR) is 80.3 cm³/mol. The first-order valence-electron chi connectivity index (χ1n) is 5.89. The molecule has 1 heterocycles. The number of nitro benzene ring substituents is 1. The van der Waals surface area contributed by atoms with Crippen LogP contribution in [0.4, 0.5) is 11.4 Å². The Labute approximate surface area is 132 Å². The third kappa shape index (κ3) is 3.10. The Morgan fingerprint density at radius 2 is 2.33 bits per heavy atom. The number of benzene rings is 1. The minimum atomic E-state index is -0.615. The van der Waals surface area contributed by atoms with Crippen molar-refractivity contribution in [1.82, 2.24) is 0 Å². The molecule has 0 saturated carbocycles. The molecule has 2 rings (SSSR count). The summed E-state index contributed by atoms with van der Waals surface area (Å²) in [6, 6.07) is 3.03. The fourth-order valence-corrected chi connectivity index (χ4v) is 2.76. The molecule has 1 aromatic carbocycles. The van der Waals surface area contributed by atoms with E-state index in [-0.39, 0.29) is 47.7 Å². The Bertz CT molecular complexity index is 662. The van der Waals surface area contributed by atoms with Gasteiger partial charge in [-0.1, -0.05) is 16.7 Å². The molecule has 1 saturated heterocycles. The van der Waals surface area contributed by atoms with Crippen LogP contribution in [0.25, 0.3) is 10.4 Å². The van der Waals surface area contributed by atoms with Gasteiger partial charge in [-0.2, -0.15) is 0 Å². The van der Waals surface area contributed by atoms with Crippen LogP contribution >= 0.6 is 27.5 Å². The average Bonchev–Trinajstić information content (AvgIpc) is 2.80. The summed E-state index contributed by atoms with van der Waals surface area (Å²) >= 11 is 9.07. The van der Waals surface area contributed by atoms with Crippen LogP contribution in [0, 0.1) is 16.0 Å².